The molecule has 27 heavy (non-hydrogen) atoms. The van der Waals surface area contributed by atoms with Crippen LogP contribution in [-0.4, -0.2) is 6.71 Å². The summed E-state index contributed by atoms with van der Waals surface area (Å²) in [6.07, 6.45) is 1.56. The molecule has 0 aliphatic carbocycles. The van der Waals surface area contributed by atoms with E-state index in [9.17, 15) is 26.3 Å². The van der Waals surface area contributed by atoms with Gasteiger partial charge in [-0.25, -0.2) is 26.3 Å². The van der Waals surface area contributed by atoms with E-state index in [1.54, 1.807) is 30.3 Å². The minimum absolute atomic E-state index is 0.0804. The molecular weight excluding hydrogens is 365 g/mol. The summed E-state index contributed by atoms with van der Waals surface area (Å²) in [4.78, 5) is 0. The van der Waals surface area contributed by atoms with Crippen molar-refractivity contribution in [3.05, 3.63) is 95.6 Å². The van der Waals surface area contributed by atoms with Crippen LogP contribution in [0.5, 0.6) is 0 Å². The monoisotopic (exact) mass is 376 g/mol. The summed E-state index contributed by atoms with van der Waals surface area (Å²) in [5.41, 5.74) is 0.994. The number of benzene rings is 3. The highest BCUT2D eigenvalue weighted by Gasteiger charge is 2.27. The number of halogens is 6. The zero-order valence-electron chi connectivity index (χ0n) is 13.7. The minimum Gasteiger partial charge on any atom is -0.204 e. The maximum atomic E-state index is 13.7. The topological polar surface area (TPSA) is 0 Å². The molecule has 3 aromatic rings. The molecule has 3 rings (SSSR count). The molecule has 7 heteroatoms. The van der Waals surface area contributed by atoms with Crippen molar-refractivity contribution in [2.75, 3.05) is 0 Å². The normalized spacial score (nSPS) is 10.7. The van der Waals surface area contributed by atoms with E-state index in [4.69, 9.17) is 0 Å². The molecule has 0 heterocycles. The third kappa shape index (κ3) is 3.63. The summed E-state index contributed by atoms with van der Waals surface area (Å²) < 4.78 is 81.6. The molecule has 3 aromatic carbocycles. The van der Waals surface area contributed by atoms with Crippen LogP contribution in [0, 0.1) is 34.9 Å². The van der Waals surface area contributed by atoms with Crippen LogP contribution >= 0.6 is 0 Å². The lowest BCUT2D eigenvalue weighted by Crippen LogP contribution is -2.52. The fourth-order valence-corrected chi connectivity index (χ4v) is 2.89. The van der Waals surface area contributed by atoms with Crippen LogP contribution in [0.2, 0.25) is 0 Å². The Morgan fingerprint density at radius 1 is 0.593 bits per heavy atom. The average molecular weight is 376 g/mol. The van der Waals surface area contributed by atoms with Gasteiger partial charge in [-0.2, -0.15) is 0 Å². The van der Waals surface area contributed by atoms with E-state index >= 15 is 0 Å². The van der Waals surface area contributed by atoms with Crippen molar-refractivity contribution in [1.29, 1.82) is 0 Å². The Morgan fingerprint density at radius 3 is 1.30 bits per heavy atom. The van der Waals surface area contributed by atoms with E-state index in [1.807, 2.05) is 0 Å². The first-order valence-corrected chi connectivity index (χ1v) is 7.83. The molecule has 0 bridgehead atoms. The Kier molecular flexibility index (Phi) is 5.12. The molecule has 0 aliphatic heterocycles. The minimum atomic E-state index is -1.66. The Hall–Kier alpha value is -2.96. The van der Waals surface area contributed by atoms with Crippen molar-refractivity contribution in [2.45, 2.75) is 0 Å². The molecule has 0 saturated carbocycles. The molecule has 0 fully saturated rings. The number of hydrogen-bond donors (Lipinski definition) is 0. The van der Waals surface area contributed by atoms with Gasteiger partial charge in [0.15, 0.2) is 34.9 Å². The Balaban J connectivity index is 2.24. The summed E-state index contributed by atoms with van der Waals surface area (Å²) in [6, 6.07) is 9.38. The largest absolute Gasteiger partial charge is 0.241 e. The average Bonchev–Trinajstić information content (AvgIpc) is 2.64. The van der Waals surface area contributed by atoms with Crippen LogP contribution in [0.4, 0.5) is 26.3 Å². The first-order valence-electron chi connectivity index (χ1n) is 7.83. The summed E-state index contributed by atoms with van der Waals surface area (Å²) in [6.45, 7) is 2.55. The van der Waals surface area contributed by atoms with Gasteiger partial charge < -0.3 is 0 Å². The molecule has 0 atom stereocenters. The second kappa shape index (κ2) is 7.35. The number of rotatable bonds is 4. The second-order valence-corrected chi connectivity index (χ2v) is 5.90. The van der Waals surface area contributed by atoms with Gasteiger partial charge in [-0.3, -0.25) is 0 Å². The summed E-state index contributed by atoms with van der Waals surface area (Å²) in [5, 5.41) is 0. The molecule has 0 spiro atoms. The van der Waals surface area contributed by atoms with E-state index in [-0.39, 0.29) is 10.9 Å². The van der Waals surface area contributed by atoms with Gasteiger partial charge >= 0.3 is 0 Å². The molecular formula is C20H11BF6. The van der Waals surface area contributed by atoms with Crippen LogP contribution in [0.15, 0.2) is 55.1 Å². The Bertz CT molecular complexity index is 910. The lowest BCUT2D eigenvalue weighted by molar-refractivity contribution is 0.448. The van der Waals surface area contributed by atoms with E-state index in [0.717, 1.165) is 29.8 Å². The van der Waals surface area contributed by atoms with Crippen molar-refractivity contribution in [3.8, 4) is 0 Å². The van der Waals surface area contributed by atoms with E-state index in [0.29, 0.717) is 5.46 Å². The van der Waals surface area contributed by atoms with Gasteiger partial charge in [-0.15, -0.1) is 0 Å². The summed E-state index contributed by atoms with van der Waals surface area (Å²) in [7, 11) is 0. The Morgan fingerprint density at radius 2 is 0.963 bits per heavy atom. The van der Waals surface area contributed by atoms with E-state index in [2.05, 4.69) is 6.58 Å². The first-order chi connectivity index (χ1) is 12.8. The third-order valence-corrected chi connectivity index (χ3v) is 4.18. The second-order valence-electron chi connectivity index (χ2n) is 5.90. The molecule has 0 aliphatic rings. The van der Waals surface area contributed by atoms with Gasteiger partial charge in [0.05, 0.1) is 0 Å². The molecule has 0 radical (unpaired) electrons. The van der Waals surface area contributed by atoms with Crippen molar-refractivity contribution in [1.82, 2.24) is 0 Å². The fourth-order valence-electron chi connectivity index (χ4n) is 2.89. The lowest BCUT2D eigenvalue weighted by Gasteiger charge is -2.17. The van der Waals surface area contributed by atoms with Crippen LogP contribution in [0.1, 0.15) is 5.56 Å². The van der Waals surface area contributed by atoms with Gasteiger partial charge in [-0.1, -0.05) is 53.3 Å². The van der Waals surface area contributed by atoms with Crippen molar-refractivity contribution < 1.29 is 26.3 Å². The number of hydrogen-bond acceptors (Lipinski definition) is 0. The van der Waals surface area contributed by atoms with Crippen molar-refractivity contribution in [2.24, 2.45) is 0 Å². The van der Waals surface area contributed by atoms with Crippen LogP contribution in [0.25, 0.3) is 6.08 Å². The highest BCUT2D eigenvalue weighted by molar-refractivity contribution is 6.95. The fraction of sp³-hybridized carbons (Fsp3) is 0. The molecule has 0 saturated heterocycles. The highest BCUT2D eigenvalue weighted by atomic mass is 19.2. The van der Waals surface area contributed by atoms with Gasteiger partial charge in [0, 0.05) is 0 Å². The molecule has 0 aromatic heterocycles. The van der Waals surface area contributed by atoms with Gasteiger partial charge in [0.25, 0.3) is 0 Å². The van der Waals surface area contributed by atoms with E-state index < -0.39 is 41.6 Å². The van der Waals surface area contributed by atoms with Crippen molar-refractivity contribution in [3.63, 3.8) is 0 Å². The van der Waals surface area contributed by atoms with Crippen LogP contribution < -0.4 is 16.4 Å². The predicted octanol–water partition coefficient (Wildman–Crippen LogP) is 3.68. The van der Waals surface area contributed by atoms with Gasteiger partial charge in [-0.05, 0) is 29.8 Å². The van der Waals surface area contributed by atoms with E-state index in [1.165, 1.54) is 0 Å². The van der Waals surface area contributed by atoms with Gasteiger partial charge in [0.2, 0.25) is 6.71 Å². The molecule has 0 amide bonds. The third-order valence-electron chi connectivity index (χ3n) is 4.18. The standard InChI is InChI=1S/C20H11BF6/c1-2-11-3-5-12(6-4-11)21(13-7-15(22)19(26)16(23)8-13)14-9-17(24)20(27)18(25)10-14/h2-10H,1H2. The molecule has 0 unspecified atom stereocenters. The zero-order valence-corrected chi connectivity index (χ0v) is 13.7. The summed E-state index contributed by atoms with van der Waals surface area (Å²) in [5.74, 6) is -9.09. The molecule has 136 valence electrons. The zero-order chi connectivity index (χ0) is 19.7. The maximum Gasteiger partial charge on any atom is 0.241 e. The Labute approximate surface area is 151 Å². The quantitative estimate of drug-likeness (QED) is 0.370. The smallest absolute Gasteiger partial charge is 0.204 e. The maximum absolute atomic E-state index is 13.7. The van der Waals surface area contributed by atoms with Crippen LogP contribution in [-0.2, 0) is 0 Å². The van der Waals surface area contributed by atoms with Gasteiger partial charge in [0.1, 0.15) is 0 Å². The van der Waals surface area contributed by atoms with Crippen LogP contribution in [0.3, 0.4) is 0 Å². The SMILES string of the molecule is C=Cc1ccc(B(c2cc(F)c(F)c(F)c2)c2cc(F)c(F)c(F)c2)cc1. The predicted molar refractivity (Wildman–Crippen MR) is 93.8 cm³/mol. The van der Waals surface area contributed by atoms with Crippen molar-refractivity contribution >= 4 is 29.2 Å². The molecule has 0 nitrogen and oxygen atoms in total. The lowest BCUT2D eigenvalue weighted by atomic mass is 9.37. The molecule has 0 N–H and O–H groups in total. The first kappa shape index (κ1) is 18.8. The summed E-state index contributed by atoms with van der Waals surface area (Å²) >= 11 is 0. The highest BCUT2D eigenvalue weighted by Crippen LogP contribution is 2.12.